The third kappa shape index (κ3) is 1.94. The molecule has 0 aliphatic heterocycles. The van der Waals surface area contributed by atoms with Gasteiger partial charge in [0.2, 0.25) is 5.82 Å². The zero-order valence-corrected chi connectivity index (χ0v) is 7.70. The van der Waals surface area contributed by atoms with E-state index in [9.17, 15) is 18.0 Å². The molecule has 78 valence electrons. The first kappa shape index (κ1) is 10.7. The van der Waals surface area contributed by atoms with Crippen LogP contribution in [0.25, 0.3) is 0 Å². The van der Waals surface area contributed by atoms with E-state index in [2.05, 4.69) is 4.98 Å². The molecule has 0 atom stereocenters. The molecular weight excluding hydrogens is 197 g/mol. The summed E-state index contributed by atoms with van der Waals surface area (Å²) >= 11 is 0. The van der Waals surface area contributed by atoms with Crippen LogP contribution >= 0.6 is 0 Å². The number of nitrogens with one attached hydrogen (secondary N) is 1. The van der Waals surface area contributed by atoms with Crippen molar-refractivity contribution in [3.05, 3.63) is 27.4 Å². The van der Waals surface area contributed by atoms with Crippen LogP contribution in [0, 0.1) is 6.92 Å². The third-order valence-electron chi connectivity index (χ3n) is 1.84. The van der Waals surface area contributed by atoms with E-state index in [4.69, 9.17) is 0 Å². The van der Waals surface area contributed by atoms with E-state index in [0.29, 0.717) is 6.42 Å². The molecule has 1 aromatic rings. The van der Waals surface area contributed by atoms with Crippen molar-refractivity contribution in [3.8, 4) is 0 Å². The fraction of sp³-hybridized carbons (Fsp3) is 0.500. The van der Waals surface area contributed by atoms with Crippen molar-refractivity contribution >= 4 is 0 Å². The standard InChI is InChI=1S/C8H9F3N2O/c1-3-5-4(2)12-7(8(9,10)11)13-6(5)14/h3H2,1-2H3,(H,12,13,14). The Morgan fingerprint density at radius 1 is 1.43 bits per heavy atom. The number of halogens is 3. The minimum absolute atomic E-state index is 0.128. The lowest BCUT2D eigenvalue weighted by molar-refractivity contribution is -0.145. The Balaban J connectivity index is 3.36. The lowest BCUT2D eigenvalue weighted by atomic mass is 10.2. The highest BCUT2D eigenvalue weighted by Crippen LogP contribution is 2.25. The Hall–Kier alpha value is -1.33. The van der Waals surface area contributed by atoms with Gasteiger partial charge in [0.15, 0.2) is 0 Å². The Kier molecular flexibility index (Phi) is 2.64. The van der Waals surface area contributed by atoms with Gasteiger partial charge < -0.3 is 4.98 Å². The second kappa shape index (κ2) is 3.43. The van der Waals surface area contributed by atoms with Crippen molar-refractivity contribution in [2.24, 2.45) is 0 Å². The van der Waals surface area contributed by atoms with Crippen molar-refractivity contribution in [2.45, 2.75) is 26.4 Å². The van der Waals surface area contributed by atoms with Crippen LogP contribution in [0.2, 0.25) is 0 Å². The van der Waals surface area contributed by atoms with Gasteiger partial charge in [-0.2, -0.15) is 13.2 Å². The van der Waals surface area contributed by atoms with Crippen LogP contribution in [-0.2, 0) is 12.6 Å². The highest BCUT2D eigenvalue weighted by molar-refractivity contribution is 5.16. The summed E-state index contributed by atoms with van der Waals surface area (Å²) in [7, 11) is 0. The number of hydrogen-bond acceptors (Lipinski definition) is 2. The second-order valence-electron chi connectivity index (χ2n) is 2.83. The molecule has 0 saturated heterocycles. The highest BCUT2D eigenvalue weighted by atomic mass is 19.4. The molecule has 0 radical (unpaired) electrons. The fourth-order valence-electron chi connectivity index (χ4n) is 1.16. The zero-order chi connectivity index (χ0) is 10.9. The van der Waals surface area contributed by atoms with Crippen molar-refractivity contribution in [3.63, 3.8) is 0 Å². The van der Waals surface area contributed by atoms with Crippen LogP contribution in [0.5, 0.6) is 0 Å². The Labute approximate surface area is 78.0 Å². The highest BCUT2D eigenvalue weighted by Gasteiger charge is 2.34. The van der Waals surface area contributed by atoms with E-state index < -0.39 is 17.6 Å². The molecule has 0 aliphatic carbocycles. The van der Waals surface area contributed by atoms with Crippen molar-refractivity contribution in [1.29, 1.82) is 0 Å². The minimum atomic E-state index is -4.60. The summed E-state index contributed by atoms with van der Waals surface area (Å²) in [5.74, 6) is -1.24. The first-order valence-electron chi connectivity index (χ1n) is 4.03. The largest absolute Gasteiger partial charge is 0.449 e. The van der Waals surface area contributed by atoms with Crippen LogP contribution in [0.15, 0.2) is 4.79 Å². The molecule has 0 unspecified atom stereocenters. The lowest BCUT2D eigenvalue weighted by Crippen LogP contribution is -2.23. The topological polar surface area (TPSA) is 45.8 Å². The lowest BCUT2D eigenvalue weighted by Gasteiger charge is -2.07. The monoisotopic (exact) mass is 206 g/mol. The van der Waals surface area contributed by atoms with Gasteiger partial charge in [-0.05, 0) is 13.3 Å². The van der Waals surface area contributed by atoms with Crippen LogP contribution in [0.1, 0.15) is 24.0 Å². The molecule has 1 heterocycles. The third-order valence-corrected chi connectivity index (χ3v) is 1.84. The summed E-state index contributed by atoms with van der Waals surface area (Å²) in [4.78, 5) is 16.2. The van der Waals surface area contributed by atoms with E-state index >= 15 is 0 Å². The summed E-state index contributed by atoms with van der Waals surface area (Å²) in [5.41, 5.74) is -0.297. The molecule has 6 heteroatoms. The molecule has 1 aromatic heterocycles. The number of H-pyrrole nitrogens is 1. The number of aromatic nitrogens is 2. The molecule has 1 N–H and O–H groups in total. The molecule has 0 fully saturated rings. The van der Waals surface area contributed by atoms with E-state index in [1.54, 1.807) is 11.9 Å². The van der Waals surface area contributed by atoms with Crippen molar-refractivity contribution in [1.82, 2.24) is 9.97 Å². The van der Waals surface area contributed by atoms with Gasteiger partial charge in [0, 0.05) is 11.3 Å². The molecule has 0 bridgehead atoms. The maximum absolute atomic E-state index is 12.2. The van der Waals surface area contributed by atoms with Crippen molar-refractivity contribution in [2.75, 3.05) is 0 Å². The molecular formula is C8H9F3N2O. The Morgan fingerprint density at radius 2 is 2.00 bits per heavy atom. The maximum Gasteiger partial charge on any atom is 0.449 e. The number of aryl methyl sites for hydroxylation is 1. The first-order valence-corrected chi connectivity index (χ1v) is 4.03. The predicted molar refractivity (Wildman–Crippen MR) is 44.0 cm³/mol. The van der Waals surface area contributed by atoms with Gasteiger partial charge in [-0.15, -0.1) is 0 Å². The van der Waals surface area contributed by atoms with Gasteiger partial charge in [-0.3, -0.25) is 4.79 Å². The number of rotatable bonds is 1. The maximum atomic E-state index is 12.2. The molecule has 0 amide bonds. The summed E-state index contributed by atoms with van der Waals surface area (Å²) in [6.07, 6.45) is -4.23. The van der Waals surface area contributed by atoms with Gasteiger partial charge in [0.1, 0.15) is 0 Å². The Bertz CT molecular complexity index is 395. The second-order valence-corrected chi connectivity index (χ2v) is 2.83. The van der Waals surface area contributed by atoms with Crippen LogP contribution in [0.3, 0.4) is 0 Å². The van der Waals surface area contributed by atoms with Gasteiger partial charge in [0.05, 0.1) is 0 Å². The predicted octanol–water partition coefficient (Wildman–Crippen LogP) is 1.66. The van der Waals surface area contributed by atoms with Crippen molar-refractivity contribution < 1.29 is 13.2 Å². The minimum Gasteiger partial charge on any atom is -0.303 e. The average Bonchev–Trinajstić information content (AvgIpc) is 2.01. The molecule has 0 spiro atoms. The van der Waals surface area contributed by atoms with Crippen LogP contribution < -0.4 is 5.56 Å². The van der Waals surface area contributed by atoms with Crippen LogP contribution in [-0.4, -0.2) is 9.97 Å². The molecule has 1 rings (SSSR count). The smallest absolute Gasteiger partial charge is 0.303 e. The van der Waals surface area contributed by atoms with E-state index in [1.165, 1.54) is 6.92 Å². The summed E-state index contributed by atoms with van der Waals surface area (Å²) < 4.78 is 36.5. The van der Waals surface area contributed by atoms with Gasteiger partial charge >= 0.3 is 6.18 Å². The van der Waals surface area contributed by atoms with Gasteiger partial charge in [-0.1, -0.05) is 6.92 Å². The normalized spacial score (nSPS) is 11.8. The van der Waals surface area contributed by atoms with Crippen LogP contribution in [0.4, 0.5) is 13.2 Å². The zero-order valence-electron chi connectivity index (χ0n) is 7.70. The average molecular weight is 206 g/mol. The SMILES string of the molecule is CCc1c(C)nc(C(F)(F)F)[nH]c1=O. The Morgan fingerprint density at radius 3 is 2.36 bits per heavy atom. The summed E-state index contributed by atoms with van der Waals surface area (Å²) in [6, 6.07) is 0. The van der Waals surface area contributed by atoms with E-state index in [1.807, 2.05) is 0 Å². The quantitative estimate of drug-likeness (QED) is 0.759. The summed E-state index contributed by atoms with van der Waals surface area (Å²) in [6.45, 7) is 3.08. The molecule has 0 aromatic carbocycles. The van der Waals surface area contributed by atoms with Gasteiger partial charge in [0.25, 0.3) is 5.56 Å². The number of alkyl halides is 3. The van der Waals surface area contributed by atoms with E-state index in [-0.39, 0.29) is 11.3 Å². The summed E-state index contributed by atoms with van der Waals surface area (Å²) in [5, 5.41) is 0. The molecule has 3 nitrogen and oxygen atoms in total. The number of nitrogens with zero attached hydrogens (tertiary/aromatic N) is 1. The molecule has 0 saturated carbocycles. The van der Waals surface area contributed by atoms with E-state index in [0.717, 1.165) is 0 Å². The number of aromatic amines is 1. The van der Waals surface area contributed by atoms with Gasteiger partial charge in [-0.25, -0.2) is 4.98 Å². The first-order chi connectivity index (χ1) is 6.36. The number of hydrogen-bond donors (Lipinski definition) is 1. The molecule has 0 aliphatic rings. The molecule has 14 heavy (non-hydrogen) atoms. The fourth-order valence-corrected chi connectivity index (χ4v) is 1.16.